The van der Waals surface area contributed by atoms with Crippen molar-refractivity contribution in [2.45, 2.75) is 38.0 Å². The Morgan fingerprint density at radius 3 is 2.44 bits per heavy atom. The van der Waals surface area contributed by atoms with Crippen LogP contribution in [0.15, 0.2) is 42.5 Å². The number of nitrogens with one attached hydrogen (secondary N) is 1. The first-order valence-electron chi connectivity index (χ1n) is 12.7. The van der Waals surface area contributed by atoms with Crippen molar-refractivity contribution in [3.8, 4) is 11.5 Å². The number of hydrogen-bond acceptors (Lipinski definition) is 7. The van der Waals surface area contributed by atoms with E-state index >= 15 is 0 Å². The third-order valence-corrected chi connectivity index (χ3v) is 6.86. The molecule has 0 amide bonds. The minimum absolute atomic E-state index is 0.205. The number of piperidine rings is 1. The molecule has 7 nitrogen and oxygen atoms in total. The molecule has 0 radical (unpaired) electrons. The maximum absolute atomic E-state index is 13.8. The van der Waals surface area contributed by atoms with E-state index < -0.39 is 5.92 Å². The molecule has 3 aromatic rings. The molecule has 0 unspecified atom stereocenters. The lowest BCUT2D eigenvalue weighted by molar-refractivity contribution is -0.0222. The highest BCUT2D eigenvalue weighted by molar-refractivity contribution is 5.94. The van der Waals surface area contributed by atoms with Crippen LogP contribution in [0.2, 0.25) is 0 Å². The fourth-order valence-electron chi connectivity index (χ4n) is 4.80. The van der Waals surface area contributed by atoms with Crippen molar-refractivity contribution >= 4 is 28.4 Å². The Labute approximate surface area is 210 Å². The molecule has 2 aliphatic rings. The Balaban J connectivity index is 1.44. The standard InChI is InChI=1S/C27H33F2N5O2/c1-35-23-18-21-22(19-24(23)36-17-7-14-33-12-5-6-13-33)31-26(34-15-10-27(28,29)11-16-34)32-25(21)30-20-8-3-2-4-9-20/h2-4,8-9,18-19H,5-7,10-17H2,1H3,(H,30,31,32). The number of nitrogens with zero attached hydrogens (tertiary/aromatic N) is 4. The van der Waals surface area contributed by atoms with E-state index in [1.54, 1.807) is 7.11 Å². The van der Waals surface area contributed by atoms with Gasteiger partial charge in [0.2, 0.25) is 5.95 Å². The average Bonchev–Trinajstić information content (AvgIpc) is 3.40. The Kier molecular flexibility index (Phi) is 7.36. The quantitative estimate of drug-likeness (QED) is 0.393. The van der Waals surface area contributed by atoms with Gasteiger partial charge < -0.3 is 24.6 Å². The summed E-state index contributed by atoms with van der Waals surface area (Å²) in [6, 6.07) is 13.5. The fourth-order valence-corrected chi connectivity index (χ4v) is 4.80. The van der Waals surface area contributed by atoms with Gasteiger partial charge in [0.1, 0.15) is 5.82 Å². The van der Waals surface area contributed by atoms with E-state index in [-0.39, 0.29) is 25.9 Å². The van der Waals surface area contributed by atoms with Gasteiger partial charge >= 0.3 is 0 Å². The van der Waals surface area contributed by atoms with Crippen molar-refractivity contribution in [1.29, 1.82) is 0 Å². The second kappa shape index (κ2) is 10.8. The predicted molar refractivity (Wildman–Crippen MR) is 138 cm³/mol. The maximum atomic E-state index is 13.8. The van der Waals surface area contributed by atoms with Crippen LogP contribution in [0.25, 0.3) is 10.9 Å². The van der Waals surface area contributed by atoms with Gasteiger partial charge in [-0.3, -0.25) is 0 Å². The summed E-state index contributed by atoms with van der Waals surface area (Å²) in [5.41, 5.74) is 1.54. The third kappa shape index (κ3) is 5.78. The minimum Gasteiger partial charge on any atom is -0.493 e. The molecule has 2 aliphatic heterocycles. The molecule has 0 bridgehead atoms. The lowest BCUT2D eigenvalue weighted by atomic mass is 10.1. The van der Waals surface area contributed by atoms with Gasteiger partial charge in [-0.1, -0.05) is 18.2 Å². The van der Waals surface area contributed by atoms with E-state index in [0.717, 1.165) is 24.0 Å². The van der Waals surface area contributed by atoms with Gasteiger partial charge in [0, 0.05) is 49.6 Å². The number of likely N-dealkylation sites (tertiary alicyclic amines) is 1. The Morgan fingerprint density at radius 2 is 1.72 bits per heavy atom. The molecule has 36 heavy (non-hydrogen) atoms. The highest BCUT2D eigenvalue weighted by atomic mass is 19.3. The van der Waals surface area contributed by atoms with Crippen LogP contribution in [0, 0.1) is 0 Å². The van der Waals surface area contributed by atoms with Crippen LogP contribution in [0.4, 0.5) is 26.2 Å². The van der Waals surface area contributed by atoms with Crippen LogP contribution >= 0.6 is 0 Å². The largest absolute Gasteiger partial charge is 0.493 e. The van der Waals surface area contributed by atoms with Crippen molar-refractivity contribution in [3.05, 3.63) is 42.5 Å². The van der Waals surface area contributed by atoms with Crippen LogP contribution in [0.1, 0.15) is 32.1 Å². The van der Waals surface area contributed by atoms with Gasteiger partial charge in [0.05, 0.1) is 19.2 Å². The fraction of sp³-hybridized carbons (Fsp3) is 0.481. The summed E-state index contributed by atoms with van der Waals surface area (Å²) in [4.78, 5) is 13.8. The van der Waals surface area contributed by atoms with E-state index in [1.165, 1.54) is 25.9 Å². The Bertz CT molecular complexity index is 1160. The number of hydrogen-bond donors (Lipinski definition) is 1. The smallest absolute Gasteiger partial charge is 0.251 e. The molecule has 1 aromatic heterocycles. The van der Waals surface area contributed by atoms with Crippen LogP contribution in [0.5, 0.6) is 11.5 Å². The van der Waals surface area contributed by atoms with Crippen LogP contribution in [-0.2, 0) is 0 Å². The van der Waals surface area contributed by atoms with Crippen LogP contribution in [-0.4, -0.2) is 67.2 Å². The summed E-state index contributed by atoms with van der Waals surface area (Å²) < 4.78 is 39.3. The van der Waals surface area contributed by atoms with Crippen molar-refractivity contribution in [2.24, 2.45) is 0 Å². The molecule has 1 N–H and O–H groups in total. The Hall–Kier alpha value is -3.20. The minimum atomic E-state index is -2.64. The molecule has 0 spiro atoms. The maximum Gasteiger partial charge on any atom is 0.251 e. The first-order valence-corrected chi connectivity index (χ1v) is 12.7. The summed E-state index contributed by atoms with van der Waals surface area (Å²) in [5.74, 6) is -0.387. The number of halogens is 2. The molecule has 2 fully saturated rings. The number of methoxy groups -OCH3 is 1. The van der Waals surface area contributed by atoms with Gasteiger partial charge in [0.25, 0.3) is 5.92 Å². The molecule has 0 aliphatic carbocycles. The van der Waals surface area contributed by atoms with Gasteiger partial charge in [-0.15, -0.1) is 0 Å². The molecular weight excluding hydrogens is 464 g/mol. The lowest BCUT2D eigenvalue weighted by Gasteiger charge is -2.32. The molecule has 192 valence electrons. The second-order valence-corrected chi connectivity index (χ2v) is 9.48. The zero-order valence-corrected chi connectivity index (χ0v) is 20.7. The predicted octanol–water partition coefficient (Wildman–Crippen LogP) is 5.48. The number of benzene rings is 2. The number of alkyl halides is 2. The van der Waals surface area contributed by atoms with Gasteiger partial charge in [-0.2, -0.15) is 4.98 Å². The van der Waals surface area contributed by atoms with Crippen LogP contribution in [0.3, 0.4) is 0 Å². The number of rotatable bonds is 9. The first-order chi connectivity index (χ1) is 17.5. The zero-order valence-electron chi connectivity index (χ0n) is 20.7. The molecular formula is C27H33F2N5O2. The van der Waals surface area contributed by atoms with Gasteiger partial charge in [-0.05, 0) is 50.6 Å². The number of aromatic nitrogens is 2. The highest BCUT2D eigenvalue weighted by Gasteiger charge is 2.35. The molecule has 2 aromatic carbocycles. The van der Waals surface area contributed by atoms with E-state index in [4.69, 9.17) is 19.4 Å². The number of ether oxygens (including phenoxy) is 2. The van der Waals surface area contributed by atoms with E-state index in [0.29, 0.717) is 35.4 Å². The van der Waals surface area contributed by atoms with E-state index in [1.807, 2.05) is 47.4 Å². The summed E-state index contributed by atoms with van der Waals surface area (Å²) in [7, 11) is 1.62. The second-order valence-electron chi connectivity index (χ2n) is 9.48. The molecule has 2 saturated heterocycles. The summed E-state index contributed by atoms with van der Waals surface area (Å²) in [6.45, 7) is 4.34. The average molecular weight is 498 g/mol. The van der Waals surface area contributed by atoms with Crippen LogP contribution < -0.4 is 19.7 Å². The SMILES string of the molecule is COc1cc2c(Nc3ccccc3)nc(N3CCC(F)(F)CC3)nc2cc1OCCCN1CCCC1. The first kappa shape index (κ1) is 24.5. The van der Waals surface area contributed by atoms with E-state index in [9.17, 15) is 8.78 Å². The molecule has 0 saturated carbocycles. The van der Waals surface area contributed by atoms with Crippen molar-refractivity contribution < 1.29 is 18.3 Å². The molecule has 5 rings (SSSR count). The molecule has 0 atom stereocenters. The number of fused-ring (bicyclic) bond motifs is 1. The summed E-state index contributed by atoms with van der Waals surface area (Å²) in [6.07, 6.45) is 3.07. The van der Waals surface area contributed by atoms with Crippen molar-refractivity contribution in [2.75, 3.05) is 56.7 Å². The normalized spacial score (nSPS) is 17.9. The van der Waals surface area contributed by atoms with E-state index in [2.05, 4.69) is 10.2 Å². The van der Waals surface area contributed by atoms with Gasteiger partial charge in [-0.25, -0.2) is 13.8 Å². The lowest BCUT2D eigenvalue weighted by Crippen LogP contribution is -2.40. The monoisotopic (exact) mass is 497 g/mol. The Morgan fingerprint density at radius 1 is 0.972 bits per heavy atom. The summed E-state index contributed by atoms with van der Waals surface area (Å²) in [5, 5.41) is 4.14. The van der Waals surface area contributed by atoms with Crippen molar-refractivity contribution in [1.82, 2.24) is 14.9 Å². The molecule has 3 heterocycles. The third-order valence-electron chi connectivity index (χ3n) is 6.86. The number of para-hydroxylation sites is 1. The molecule has 9 heteroatoms. The number of anilines is 3. The van der Waals surface area contributed by atoms with Crippen molar-refractivity contribution in [3.63, 3.8) is 0 Å². The topological polar surface area (TPSA) is 62.8 Å². The summed E-state index contributed by atoms with van der Waals surface area (Å²) >= 11 is 0. The highest BCUT2D eigenvalue weighted by Crippen LogP contribution is 2.37. The zero-order chi connectivity index (χ0) is 25.0. The van der Waals surface area contributed by atoms with Gasteiger partial charge in [0.15, 0.2) is 11.5 Å².